The Morgan fingerprint density at radius 3 is 3.05 bits per heavy atom. The number of nitrogens with one attached hydrogen (secondary N) is 2. The second-order valence-corrected chi connectivity index (χ2v) is 5.62. The zero-order valence-electron chi connectivity index (χ0n) is 11.6. The number of halogens is 1. The molecule has 114 valence electrons. The molecular formula is C13H18ClN5O2. The summed E-state index contributed by atoms with van der Waals surface area (Å²) >= 11 is 6.24. The standard InChI is InChI=1S/C13H18ClN5O2/c14-12-9(18-5-4-16-10(15)8-18)7-17-19(13(12)20)11-3-1-2-6-21-11/h7,11H,1-6,8H2,(H2,15,16). The van der Waals surface area contributed by atoms with Gasteiger partial charge in [-0.05, 0) is 19.3 Å². The van der Waals surface area contributed by atoms with Crippen molar-refractivity contribution in [3.05, 3.63) is 21.6 Å². The minimum atomic E-state index is -0.328. The highest BCUT2D eigenvalue weighted by molar-refractivity contribution is 6.33. The lowest BCUT2D eigenvalue weighted by atomic mass is 10.2. The third-order valence-corrected chi connectivity index (χ3v) is 4.12. The van der Waals surface area contributed by atoms with Gasteiger partial charge in [0.1, 0.15) is 10.9 Å². The molecule has 0 amide bonds. The fraction of sp³-hybridized carbons (Fsp3) is 0.615. The minimum absolute atomic E-state index is 0.147. The molecule has 2 N–H and O–H groups in total. The largest absolute Gasteiger partial charge is 0.371 e. The van der Waals surface area contributed by atoms with E-state index in [1.807, 2.05) is 4.90 Å². The average molecular weight is 312 g/mol. The van der Waals surface area contributed by atoms with Crippen molar-refractivity contribution in [1.82, 2.24) is 15.1 Å². The Morgan fingerprint density at radius 2 is 2.33 bits per heavy atom. The third kappa shape index (κ3) is 2.89. The fourth-order valence-corrected chi connectivity index (χ4v) is 2.91. The van der Waals surface area contributed by atoms with E-state index < -0.39 is 0 Å². The second kappa shape index (κ2) is 6.03. The smallest absolute Gasteiger partial charge is 0.290 e. The van der Waals surface area contributed by atoms with Crippen molar-refractivity contribution < 1.29 is 4.74 Å². The van der Waals surface area contributed by atoms with Crippen molar-refractivity contribution in [3.63, 3.8) is 0 Å². The van der Waals surface area contributed by atoms with Crippen molar-refractivity contribution in [2.75, 3.05) is 31.1 Å². The van der Waals surface area contributed by atoms with Crippen molar-refractivity contribution in [1.29, 1.82) is 5.41 Å². The lowest BCUT2D eigenvalue weighted by Crippen LogP contribution is -2.48. The van der Waals surface area contributed by atoms with Crippen molar-refractivity contribution in [2.45, 2.75) is 25.5 Å². The number of rotatable bonds is 2. The molecule has 8 heteroatoms. The molecule has 2 aliphatic rings. The molecule has 2 fully saturated rings. The third-order valence-electron chi connectivity index (χ3n) is 3.76. The van der Waals surface area contributed by atoms with Crippen LogP contribution in [0.1, 0.15) is 25.5 Å². The Bertz CT molecular complexity index is 597. The molecule has 0 aliphatic carbocycles. The first-order valence-corrected chi connectivity index (χ1v) is 7.50. The molecule has 1 unspecified atom stereocenters. The van der Waals surface area contributed by atoms with Crippen LogP contribution in [0.5, 0.6) is 0 Å². The van der Waals surface area contributed by atoms with Crippen LogP contribution >= 0.6 is 11.6 Å². The highest BCUT2D eigenvalue weighted by Gasteiger charge is 2.23. The van der Waals surface area contributed by atoms with Crippen LogP contribution in [0.3, 0.4) is 0 Å². The molecule has 21 heavy (non-hydrogen) atoms. The van der Waals surface area contributed by atoms with E-state index in [0.29, 0.717) is 37.8 Å². The molecule has 0 spiro atoms. The summed E-state index contributed by atoms with van der Waals surface area (Å²) in [7, 11) is 0. The molecule has 7 nitrogen and oxygen atoms in total. The summed E-state index contributed by atoms with van der Waals surface area (Å²) in [5.41, 5.74) is 0.256. The molecule has 0 aromatic carbocycles. The van der Waals surface area contributed by atoms with Gasteiger partial charge in [-0.1, -0.05) is 11.6 Å². The van der Waals surface area contributed by atoms with Crippen molar-refractivity contribution >= 4 is 23.1 Å². The number of hydrogen-bond donors (Lipinski definition) is 2. The monoisotopic (exact) mass is 311 g/mol. The van der Waals surface area contributed by atoms with Crippen LogP contribution < -0.4 is 15.8 Å². The van der Waals surface area contributed by atoms with Gasteiger partial charge in [0.15, 0.2) is 6.23 Å². The predicted molar refractivity (Wildman–Crippen MR) is 80.3 cm³/mol. The van der Waals surface area contributed by atoms with E-state index in [-0.39, 0.29) is 16.8 Å². The van der Waals surface area contributed by atoms with E-state index in [4.69, 9.17) is 21.7 Å². The molecule has 3 rings (SSSR count). The van der Waals surface area contributed by atoms with Crippen LogP contribution in [0.4, 0.5) is 5.69 Å². The number of aromatic nitrogens is 2. The average Bonchev–Trinajstić information content (AvgIpc) is 2.51. The molecule has 1 atom stereocenters. The summed E-state index contributed by atoms with van der Waals surface area (Å²) in [6.07, 6.45) is 4.09. The van der Waals surface area contributed by atoms with Crippen LogP contribution in [0.15, 0.2) is 11.0 Å². The first kappa shape index (κ1) is 14.3. The Hall–Kier alpha value is -1.60. The Morgan fingerprint density at radius 1 is 1.48 bits per heavy atom. The van der Waals surface area contributed by atoms with E-state index in [0.717, 1.165) is 19.3 Å². The minimum Gasteiger partial charge on any atom is -0.371 e. The molecule has 1 aromatic rings. The van der Waals surface area contributed by atoms with Gasteiger partial charge in [-0.3, -0.25) is 10.2 Å². The van der Waals surface area contributed by atoms with E-state index in [2.05, 4.69) is 10.4 Å². The van der Waals surface area contributed by atoms with Gasteiger partial charge in [0.25, 0.3) is 5.56 Å². The van der Waals surface area contributed by atoms with Gasteiger partial charge in [0.05, 0.1) is 18.4 Å². The summed E-state index contributed by atoms with van der Waals surface area (Å²) in [5, 5.41) is 15.0. The summed E-state index contributed by atoms with van der Waals surface area (Å²) in [6, 6.07) is 0. The first-order chi connectivity index (χ1) is 10.2. The number of anilines is 1. The van der Waals surface area contributed by atoms with Crippen LogP contribution in [0.2, 0.25) is 5.02 Å². The summed E-state index contributed by atoms with van der Waals surface area (Å²) in [6.45, 7) is 2.40. The molecule has 2 saturated heterocycles. The second-order valence-electron chi connectivity index (χ2n) is 5.24. The van der Waals surface area contributed by atoms with E-state index in [1.54, 1.807) is 6.20 Å². The number of piperazine rings is 1. The SMILES string of the molecule is N=C1CN(c2cnn(C3CCCCO3)c(=O)c2Cl)CCN1. The summed E-state index contributed by atoms with van der Waals surface area (Å²) in [5.74, 6) is 0.414. The van der Waals surface area contributed by atoms with E-state index in [9.17, 15) is 4.79 Å². The van der Waals surface area contributed by atoms with Crippen LogP contribution in [0.25, 0.3) is 0 Å². The van der Waals surface area contributed by atoms with Crippen LogP contribution in [0, 0.1) is 5.41 Å². The Labute approximate surface area is 127 Å². The quantitative estimate of drug-likeness (QED) is 0.851. The highest BCUT2D eigenvalue weighted by Crippen LogP contribution is 2.25. The van der Waals surface area contributed by atoms with Crippen molar-refractivity contribution in [2.24, 2.45) is 0 Å². The molecule has 2 aliphatic heterocycles. The van der Waals surface area contributed by atoms with Gasteiger partial charge in [0.2, 0.25) is 0 Å². The molecular weight excluding hydrogens is 294 g/mol. The molecule has 0 radical (unpaired) electrons. The fourth-order valence-electron chi connectivity index (χ4n) is 2.65. The van der Waals surface area contributed by atoms with Crippen LogP contribution in [-0.2, 0) is 4.74 Å². The number of nitrogens with zero attached hydrogens (tertiary/aromatic N) is 3. The maximum absolute atomic E-state index is 12.4. The Kier molecular flexibility index (Phi) is 4.12. The van der Waals surface area contributed by atoms with Gasteiger partial charge in [-0.15, -0.1) is 0 Å². The Balaban J connectivity index is 1.88. The predicted octanol–water partition coefficient (Wildman–Crippen LogP) is 0.983. The molecule has 3 heterocycles. The van der Waals surface area contributed by atoms with Gasteiger partial charge in [0, 0.05) is 19.7 Å². The zero-order chi connectivity index (χ0) is 14.8. The number of hydrogen-bond acceptors (Lipinski definition) is 5. The topological polar surface area (TPSA) is 83.2 Å². The molecule has 1 aromatic heterocycles. The number of amidine groups is 1. The highest BCUT2D eigenvalue weighted by atomic mass is 35.5. The van der Waals surface area contributed by atoms with Gasteiger partial charge < -0.3 is 15.0 Å². The normalized spacial score (nSPS) is 23.0. The van der Waals surface area contributed by atoms with Gasteiger partial charge in [-0.25, -0.2) is 0 Å². The van der Waals surface area contributed by atoms with Gasteiger partial charge >= 0.3 is 0 Å². The van der Waals surface area contributed by atoms with Crippen molar-refractivity contribution in [3.8, 4) is 0 Å². The van der Waals surface area contributed by atoms with Gasteiger partial charge in [-0.2, -0.15) is 9.78 Å². The van der Waals surface area contributed by atoms with E-state index >= 15 is 0 Å². The van der Waals surface area contributed by atoms with E-state index in [1.165, 1.54) is 4.68 Å². The number of ether oxygens (including phenoxy) is 1. The molecule has 0 bridgehead atoms. The maximum Gasteiger partial charge on any atom is 0.290 e. The van der Waals surface area contributed by atoms with Crippen LogP contribution in [-0.4, -0.2) is 41.9 Å². The maximum atomic E-state index is 12.4. The molecule has 0 saturated carbocycles. The lowest BCUT2D eigenvalue weighted by molar-refractivity contribution is -0.0424. The summed E-state index contributed by atoms with van der Waals surface area (Å²) < 4.78 is 6.92. The summed E-state index contributed by atoms with van der Waals surface area (Å²) in [4.78, 5) is 14.3. The zero-order valence-corrected chi connectivity index (χ0v) is 12.4. The lowest BCUT2D eigenvalue weighted by Gasteiger charge is -2.31. The first-order valence-electron chi connectivity index (χ1n) is 7.12.